The van der Waals surface area contributed by atoms with Gasteiger partial charge in [0, 0.05) is 10.6 Å². The van der Waals surface area contributed by atoms with Crippen LogP contribution < -0.4 is 0 Å². The topological polar surface area (TPSA) is 44.0 Å². The van der Waals surface area contributed by atoms with E-state index in [0.29, 0.717) is 5.56 Å². The molecule has 0 unspecified atom stereocenters. The number of hydrogen-bond acceptors (Lipinski definition) is 3. The molecule has 96 valence electrons. The van der Waals surface area contributed by atoms with Crippen LogP contribution in [0.25, 0.3) is 0 Å². The Morgan fingerprint density at radius 1 is 1.44 bits per heavy atom. The number of nitriles is 1. The number of rotatable bonds is 4. The Kier molecular flexibility index (Phi) is 4.68. The molecule has 1 aliphatic rings. The summed E-state index contributed by atoms with van der Waals surface area (Å²) in [6, 6.07) is 7.73. The predicted octanol–water partition coefficient (Wildman–Crippen LogP) is 3.89. The summed E-state index contributed by atoms with van der Waals surface area (Å²) >= 11 is 1.79. The van der Waals surface area contributed by atoms with Crippen molar-refractivity contribution in [1.29, 1.82) is 5.26 Å². The summed E-state index contributed by atoms with van der Waals surface area (Å²) in [5.74, 6) is 1.91. The zero-order valence-electron chi connectivity index (χ0n) is 10.7. The molecule has 2 rings (SSSR count). The van der Waals surface area contributed by atoms with Gasteiger partial charge in [0.25, 0.3) is 0 Å². The average Bonchev–Trinajstić information content (AvgIpc) is 2.88. The number of aliphatic hydroxyl groups excluding tert-OH is 1. The second kappa shape index (κ2) is 6.26. The predicted molar refractivity (Wildman–Crippen MR) is 74.5 cm³/mol. The quantitative estimate of drug-likeness (QED) is 0.836. The van der Waals surface area contributed by atoms with E-state index in [-0.39, 0.29) is 0 Å². The van der Waals surface area contributed by atoms with Crippen molar-refractivity contribution in [3.8, 4) is 6.07 Å². The molecule has 1 fully saturated rings. The Morgan fingerprint density at radius 2 is 2.17 bits per heavy atom. The van der Waals surface area contributed by atoms with E-state index in [9.17, 15) is 5.11 Å². The number of hydrogen-bond donors (Lipinski definition) is 1. The van der Waals surface area contributed by atoms with E-state index in [1.54, 1.807) is 24.8 Å². The molecule has 2 nitrogen and oxygen atoms in total. The molecule has 0 bridgehead atoms. The van der Waals surface area contributed by atoms with Crippen LogP contribution in [0, 0.1) is 17.2 Å². The Morgan fingerprint density at radius 3 is 2.78 bits per heavy atom. The van der Waals surface area contributed by atoms with Gasteiger partial charge in [-0.3, -0.25) is 0 Å². The molecule has 1 N–H and O–H groups in total. The van der Waals surface area contributed by atoms with E-state index in [2.05, 4.69) is 6.07 Å². The van der Waals surface area contributed by atoms with Crippen LogP contribution in [0.15, 0.2) is 23.1 Å². The fraction of sp³-hybridized carbons (Fsp3) is 0.533. The first kappa shape index (κ1) is 13.5. The highest BCUT2D eigenvalue weighted by atomic mass is 32.2. The van der Waals surface area contributed by atoms with Crippen molar-refractivity contribution >= 4 is 11.8 Å². The van der Waals surface area contributed by atoms with Gasteiger partial charge < -0.3 is 5.11 Å². The zero-order valence-corrected chi connectivity index (χ0v) is 11.5. The summed E-state index contributed by atoms with van der Waals surface area (Å²) in [7, 11) is 0. The minimum absolute atomic E-state index is 0.469. The van der Waals surface area contributed by atoms with Crippen LogP contribution in [0.4, 0.5) is 0 Å². The van der Waals surface area contributed by atoms with Crippen LogP contribution in [-0.2, 0) is 0 Å². The van der Waals surface area contributed by atoms with Crippen LogP contribution in [-0.4, -0.2) is 10.9 Å². The van der Waals surface area contributed by atoms with Crippen LogP contribution >= 0.6 is 11.8 Å². The SMILES string of the molecule is C[C@H](O)c1ccc(C#N)cc1SCC1CCCC1. The van der Waals surface area contributed by atoms with Crippen LogP contribution in [0.1, 0.15) is 49.8 Å². The van der Waals surface area contributed by atoms with Crippen molar-refractivity contribution in [3.63, 3.8) is 0 Å². The lowest BCUT2D eigenvalue weighted by molar-refractivity contribution is 0.196. The molecule has 0 radical (unpaired) electrons. The number of thioether (sulfide) groups is 1. The number of nitrogens with zero attached hydrogens (tertiary/aromatic N) is 1. The molecule has 3 heteroatoms. The van der Waals surface area contributed by atoms with Crippen LogP contribution in [0.2, 0.25) is 0 Å². The summed E-state index contributed by atoms with van der Waals surface area (Å²) in [5, 5.41) is 18.7. The van der Waals surface area contributed by atoms with Crippen molar-refractivity contribution in [3.05, 3.63) is 29.3 Å². The third-order valence-corrected chi connectivity index (χ3v) is 4.84. The van der Waals surface area contributed by atoms with Crippen molar-refractivity contribution < 1.29 is 5.11 Å². The summed E-state index contributed by atoms with van der Waals surface area (Å²) in [5.41, 5.74) is 1.62. The molecule has 1 aromatic rings. The van der Waals surface area contributed by atoms with Crippen molar-refractivity contribution in [2.45, 2.75) is 43.6 Å². The molecular weight excluding hydrogens is 242 g/mol. The van der Waals surface area contributed by atoms with Crippen molar-refractivity contribution in [2.24, 2.45) is 5.92 Å². The molecule has 18 heavy (non-hydrogen) atoms. The van der Waals surface area contributed by atoms with Gasteiger partial charge in [0.05, 0.1) is 17.7 Å². The normalized spacial score (nSPS) is 17.6. The van der Waals surface area contributed by atoms with Gasteiger partial charge in [-0.05, 0) is 43.4 Å². The highest BCUT2D eigenvalue weighted by Crippen LogP contribution is 2.34. The van der Waals surface area contributed by atoms with Gasteiger partial charge in [-0.15, -0.1) is 11.8 Å². The van der Waals surface area contributed by atoms with E-state index in [0.717, 1.165) is 22.1 Å². The highest BCUT2D eigenvalue weighted by molar-refractivity contribution is 7.99. The first-order valence-electron chi connectivity index (χ1n) is 6.55. The monoisotopic (exact) mass is 261 g/mol. The van der Waals surface area contributed by atoms with Gasteiger partial charge >= 0.3 is 0 Å². The molecule has 0 saturated heterocycles. The number of aliphatic hydroxyl groups is 1. The Hall–Kier alpha value is -0.980. The fourth-order valence-electron chi connectivity index (χ4n) is 2.46. The highest BCUT2D eigenvalue weighted by Gasteiger charge is 2.17. The summed E-state index contributed by atoms with van der Waals surface area (Å²) < 4.78 is 0. The molecule has 0 spiro atoms. The standard InChI is InChI=1S/C15H19NOS/c1-11(17)14-7-6-13(9-16)8-15(14)18-10-12-4-2-3-5-12/h6-8,11-12,17H,2-5,10H2,1H3/t11-/m0/s1. The minimum Gasteiger partial charge on any atom is -0.389 e. The van der Waals surface area contributed by atoms with Gasteiger partial charge in [-0.25, -0.2) is 0 Å². The van der Waals surface area contributed by atoms with Crippen LogP contribution in [0.5, 0.6) is 0 Å². The molecule has 1 aliphatic carbocycles. The first-order chi connectivity index (χ1) is 8.70. The lowest BCUT2D eigenvalue weighted by Gasteiger charge is -2.14. The second-order valence-corrected chi connectivity index (χ2v) is 6.06. The largest absolute Gasteiger partial charge is 0.389 e. The molecule has 1 aromatic carbocycles. The molecule has 1 atom stereocenters. The molecule has 0 heterocycles. The maximum absolute atomic E-state index is 9.76. The third kappa shape index (κ3) is 3.28. The Bertz CT molecular complexity index is 444. The van der Waals surface area contributed by atoms with E-state index in [4.69, 9.17) is 5.26 Å². The third-order valence-electron chi connectivity index (χ3n) is 3.54. The molecule has 1 saturated carbocycles. The van der Waals surface area contributed by atoms with E-state index in [1.807, 2.05) is 12.1 Å². The molecular formula is C15H19NOS. The summed E-state index contributed by atoms with van der Waals surface area (Å²) in [6.45, 7) is 1.78. The maximum atomic E-state index is 9.76. The average molecular weight is 261 g/mol. The van der Waals surface area contributed by atoms with E-state index >= 15 is 0 Å². The fourth-order valence-corrected chi connectivity index (χ4v) is 3.82. The van der Waals surface area contributed by atoms with Crippen LogP contribution in [0.3, 0.4) is 0 Å². The molecule has 0 aromatic heterocycles. The minimum atomic E-state index is -0.469. The smallest absolute Gasteiger partial charge is 0.0992 e. The van der Waals surface area contributed by atoms with Gasteiger partial charge in [0.2, 0.25) is 0 Å². The summed E-state index contributed by atoms with van der Waals surface area (Å²) in [4.78, 5) is 1.07. The van der Waals surface area contributed by atoms with E-state index in [1.165, 1.54) is 25.7 Å². The molecule has 0 aliphatic heterocycles. The lowest BCUT2D eigenvalue weighted by Crippen LogP contribution is -2.00. The first-order valence-corrected chi connectivity index (χ1v) is 7.54. The van der Waals surface area contributed by atoms with Gasteiger partial charge in [-0.1, -0.05) is 18.9 Å². The van der Waals surface area contributed by atoms with Gasteiger partial charge in [0.15, 0.2) is 0 Å². The van der Waals surface area contributed by atoms with Gasteiger partial charge in [0.1, 0.15) is 0 Å². The lowest BCUT2D eigenvalue weighted by atomic mass is 10.1. The zero-order chi connectivity index (χ0) is 13.0. The van der Waals surface area contributed by atoms with Crippen molar-refractivity contribution in [1.82, 2.24) is 0 Å². The van der Waals surface area contributed by atoms with Crippen molar-refractivity contribution in [2.75, 3.05) is 5.75 Å². The Balaban J connectivity index is 2.10. The molecule has 0 amide bonds. The Labute approximate surface area is 113 Å². The maximum Gasteiger partial charge on any atom is 0.0992 e. The number of benzene rings is 1. The van der Waals surface area contributed by atoms with Gasteiger partial charge in [-0.2, -0.15) is 5.26 Å². The summed E-state index contributed by atoms with van der Waals surface area (Å²) in [6.07, 6.45) is 4.90. The van der Waals surface area contributed by atoms with E-state index < -0.39 is 6.10 Å². The second-order valence-electron chi connectivity index (χ2n) is 5.00.